The lowest BCUT2D eigenvalue weighted by Crippen LogP contribution is -2.04. The molecular formula is C14H13BrN4. The Bertz CT molecular complexity index is 674. The van der Waals surface area contributed by atoms with Crippen LogP contribution in [0.4, 0.5) is 11.5 Å². The van der Waals surface area contributed by atoms with Crippen LogP contribution in [0.5, 0.6) is 0 Å². The molecule has 0 aliphatic rings. The largest absolute Gasteiger partial charge is 0.337 e. The quantitative estimate of drug-likeness (QED) is 0.915. The van der Waals surface area contributed by atoms with Gasteiger partial charge in [0, 0.05) is 10.2 Å². The molecule has 0 amide bonds. The molecule has 0 unspecified atom stereocenters. The number of hydrogen-bond acceptors (Lipinski definition) is 4. The molecule has 0 atom stereocenters. The van der Waals surface area contributed by atoms with Gasteiger partial charge in [-0.3, -0.25) is 0 Å². The van der Waals surface area contributed by atoms with Crippen LogP contribution in [0.25, 0.3) is 0 Å². The van der Waals surface area contributed by atoms with Gasteiger partial charge in [0.1, 0.15) is 11.6 Å². The van der Waals surface area contributed by atoms with Gasteiger partial charge >= 0.3 is 0 Å². The molecule has 1 aromatic heterocycles. The average Bonchev–Trinajstić information content (AvgIpc) is 2.38. The van der Waals surface area contributed by atoms with Gasteiger partial charge in [-0.2, -0.15) is 10.4 Å². The zero-order chi connectivity index (χ0) is 14.0. The van der Waals surface area contributed by atoms with E-state index in [4.69, 9.17) is 0 Å². The van der Waals surface area contributed by atoms with E-state index in [9.17, 15) is 5.26 Å². The first-order valence-corrected chi connectivity index (χ1v) is 6.59. The SMILES string of the molecule is Cc1ccc(Br)cc1Nc1nnc(C)c(C)c1C#N. The maximum Gasteiger partial charge on any atom is 0.171 e. The Kier molecular flexibility index (Phi) is 3.82. The molecule has 2 aromatic rings. The van der Waals surface area contributed by atoms with Crippen molar-refractivity contribution in [1.29, 1.82) is 5.26 Å². The Hall–Kier alpha value is -1.93. The number of nitriles is 1. The minimum Gasteiger partial charge on any atom is -0.337 e. The first kappa shape index (κ1) is 13.5. The number of nitrogens with zero attached hydrogens (tertiary/aromatic N) is 3. The Morgan fingerprint density at radius 3 is 2.63 bits per heavy atom. The van der Waals surface area contributed by atoms with Crippen LogP contribution in [0.15, 0.2) is 22.7 Å². The molecule has 0 fully saturated rings. The number of aromatic nitrogens is 2. The van der Waals surface area contributed by atoms with Crippen LogP contribution in [0.1, 0.15) is 22.4 Å². The van der Waals surface area contributed by atoms with E-state index in [1.807, 2.05) is 39.0 Å². The van der Waals surface area contributed by atoms with Gasteiger partial charge in [-0.05, 0) is 44.0 Å². The highest BCUT2D eigenvalue weighted by Gasteiger charge is 2.11. The second-order valence-corrected chi connectivity index (χ2v) is 5.25. The van der Waals surface area contributed by atoms with Gasteiger partial charge in [-0.25, -0.2) is 0 Å². The van der Waals surface area contributed by atoms with Gasteiger partial charge in [0.15, 0.2) is 5.82 Å². The van der Waals surface area contributed by atoms with Crippen LogP contribution < -0.4 is 5.32 Å². The molecule has 0 aliphatic carbocycles. The lowest BCUT2D eigenvalue weighted by molar-refractivity contribution is 0.960. The monoisotopic (exact) mass is 316 g/mol. The summed E-state index contributed by atoms with van der Waals surface area (Å²) >= 11 is 3.43. The van der Waals surface area contributed by atoms with Crippen molar-refractivity contribution in [2.45, 2.75) is 20.8 Å². The van der Waals surface area contributed by atoms with Crippen molar-refractivity contribution < 1.29 is 0 Å². The molecule has 5 heteroatoms. The van der Waals surface area contributed by atoms with Crippen LogP contribution in [-0.2, 0) is 0 Å². The molecule has 0 bridgehead atoms. The smallest absolute Gasteiger partial charge is 0.171 e. The van der Waals surface area contributed by atoms with E-state index in [0.29, 0.717) is 11.4 Å². The molecule has 19 heavy (non-hydrogen) atoms. The lowest BCUT2D eigenvalue weighted by atomic mass is 10.1. The summed E-state index contributed by atoms with van der Waals surface area (Å²) in [5.74, 6) is 0.492. The Morgan fingerprint density at radius 1 is 1.21 bits per heavy atom. The molecule has 96 valence electrons. The van der Waals surface area contributed by atoms with Gasteiger partial charge in [-0.1, -0.05) is 22.0 Å². The predicted octanol–water partition coefficient (Wildman–Crippen LogP) is 3.78. The zero-order valence-electron chi connectivity index (χ0n) is 11.0. The fourth-order valence-electron chi connectivity index (χ4n) is 1.69. The van der Waals surface area contributed by atoms with E-state index in [2.05, 4.69) is 37.5 Å². The second kappa shape index (κ2) is 5.37. The highest BCUT2D eigenvalue weighted by molar-refractivity contribution is 9.10. The number of benzene rings is 1. The summed E-state index contributed by atoms with van der Waals surface area (Å²) in [4.78, 5) is 0. The van der Waals surface area contributed by atoms with Gasteiger partial charge in [0.25, 0.3) is 0 Å². The molecular weight excluding hydrogens is 304 g/mol. The van der Waals surface area contributed by atoms with Gasteiger partial charge in [0.2, 0.25) is 0 Å². The third-order valence-corrected chi connectivity index (χ3v) is 3.51. The zero-order valence-corrected chi connectivity index (χ0v) is 12.5. The van der Waals surface area contributed by atoms with Crippen molar-refractivity contribution in [2.75, 3.05) is 5.32 Å². The van der Waals surface area contributed by atoms with Crippen molar-refractivity contribution in [3.8, 4) is 6.07 Å². The number of hydrogen-bond donors (Lipinski definition) is 1. The van der Waals surface area contributed by atoms with Crippen molar-refractivity contribution in [3.63, 3.8) is 0 Å². The lowest BCUT2D eigenvalue weighted by Gasteiger charge is -2.11. The summed E-state index contributed by atoms with van der Waals surface area (Å²) in [7, 11) is 0. The molecule has 0 spiro atoms. The Labute approximate surface area is 120 Å². The van der Waals surface area contributed by atoms with Crippen molar-refractivity contribution in [1.82, 2.24) is 10.2 Å². The summed E-state index contributed by atoms with van der Waals surface area (Å²) in [5, 5.41) is 20.6. The number of nitrogens with one attached hydrogen (secondary N) is 1. The van der Waals surface area contributed by atoms with E-state index in [0.717, 1.165) is 27.0 Å². The summed E-state index contributed by atoms with van der Waals surface area (Å²) < 4.78 is 0.968. The average molecular weight is 317 g/mol. The summed E-state index contributed by atoms with van der Waals surface area (Å²) in [6.07, 6.45) is 0. The summed E-state index contributed by atoms with van der Waals surface area (Å²) in [6.45, 7) is 5.72. The fraction of sp³-hybridized carbons (Fsp3) is 0.214. The van der Waals surface area contributed by atoms with Crippen molar-refractivity contribution in [2.24, 2.45) is 0 Å². The topological polar surface area (TPSA) is 61.6 Å². The molecule has 0 saturated heterocycles. The fourth-order valence-corrected chi connectivity index (χ4v) is 2.05. The normalized spacial score (nSPS) is 10.1. The van der Waals surface area contributed by atoms with E-state index in [-0.39, 0.29) is 0 Å². The van der Waals surface area contributed by atoms with E-state index < -0.39 is 0 Å². The first-order valence-electron chi connectivity index (χ1n) is 5.80. The van der Waals surface area contributed by atoms with Gasteiger partial charge in [0.05, 0.1) is 5.69 Å². The van der Waals surface area contributed by atoms with Crippen LogP contribution in [0.3, 0.4) is 0 Å². The van der Waals surface area contributed by atoms with Crippen LogP contribution >= 0.6 is 15.9 Å². The molecule has 2 rings (SSSR count). The molecule has 0 saturated carbocycles. The molecule has 4 nitrogen and oxygen atoms in total. The predicted molar refractivity (Wildman–Crippen MR) is 78.4 cm³/mol. The molecule has 0 aliphatic heterocycles. The standard InChI is InChI=1S/C14H13BrN4/c1-8-4-5-11(15)6-13(8)17-14-12(7-16)9(2)10(3)18-19-14/h4-6H,1-3H3,(H,17,19). The highest BCUT2D eigenvalue weighted by atomic mass is 79.9. The molecule has 1 N–H and O–H groups in total. The minimum atomic E-state index is 0.492. The van der Waals surface area contributed by atoms with E-state index in [1.165, 1.54) is 0 Å². The summed E-state index contributed by atoms with van der Waals surface area (Å²) in [6, 6.07) is 8.10. The van der Waals surface area contributed by atoms with Crippen LogP contribution in [-0.4, -0.2) is 10.2 Å². The number of rotatable bonds is 2. The summed E-state index contributed by atoms with van der Waals surface area (Å²) in [5.41, 5.74) is 4.14. The maximum absolute atomic E-state index is 9.26. The van der Waals surface area contributed by atoms with Crippen molar-refractivity contribution >= 4 is 27.4 Å². The van der Waals surface area contributed by atoms with Crippen LogP contribution in [0.2, 0.25) is 0 Å². The number of aryl methyl sites for hydroxylation is 2. The molecule has 1 heterocycles. The minimum absolute atomic E-state index is 0.492. The Balaban J connectivity index is 2.47. The Morgan fingerprint density at radius 2 is 1.95 bits per heavy atom. The molecule has 0 radical (unpaired) electrons. The van der Waals surface area contributed by atoms with Gasteiger partial charge in [-0.15, -0.1) is 5.10 Å². The van der Waals surface area contributed by atoms with Crippen LogP contribution in [0, 0.1) is 32.1 Å². The third-order valence-electron chi connectivity index (χ3n) is 3.02. The van der Waals surface area contributed by atoms with Gasteiger partial charge < -0.3 is 5.32 Å². The van der Waals surface area contributed by atoms with E-state index in [1.54, 1.807) is 0 Å². The maximum atomic E-state index is 9.26. The third kappa shape index (κ3) is 2.74. The van der Waals surface area contributed by atoms with E-state index >= 15 is 0 Å². The number of halogens is 1. The second-order valence-electron chi connectivity index (χ2n) is 4.33. The molecule has 1 aromatic carbocycles. The first-order chi connectivity index (χ1) is 9.02. The highest BCUT2D eigenvalue weighted by Crippen LogP contribution is 2.26. The number of anilines is 2. The van der Waals surface area contributed by atoms with Crippen molar-refractivity contribution in [3.05, 3.63) is 45.1 Å².